The van der Waals surface area contributed by atoms with Gasteiger partial charge < -0.3 is 0 Å². The van der Waals surface area contributed by atoms with Crippen LogP contribution < -0.4 is 0 Å². The lowest BCUT2D eigenvalue weighted by Gasteiger charge is -2.30. The van der Waals surface area contributed by atoms with Gasteiger partial charge in [0.05, 0.1) is 0 Å². The quantitative estimate of drug-likeness (QED) is 0.791. The highest BCUT2D eigenvalue weighted by Gasteiger charge is 2.27. The molecular weight excluding hydrogens is 258 g/mol. The Bertz CT molecular complexity index is 454. The van der Waals surface area contributed by atoms with Gasteiger partial charge in [-0.25, -0.2) is 8.78 Å². The van der Waals surface area contributed by atoms with Crippen molar-refractivity contribution in [2.24, 2.45) is 17.8 Å². The minimum absolute atomic E-state index is 0.0660. The van der Waals surface area contributed by atoms with Gasteiger partial charge in [-0.15, -0.1) is 0 Å². The van der Waals surface area contributed by atoms with Gasteiger partial charge in [0, 0.05) is 18.4 Å². The zero-order valence-corrected chi connectivity index (χ0v) is 12.2. The molecule has 20 heavy (non-hydrogen) atoms. The van der Waals surface area contributed by atoms with Crippen LogP contribution in [0.1, 0.15) is 45.1 Å². The van der Waals surface area contributed by atoms with E-state index >= 15 is 0 Å². The Labute approximate surface area is 119 Å². The normalized spacial score (nSPS) is 23.1. The van der Waals surface area contributed by atoms with E-state index in [1.807, 2.05) is 0 Å². The van der Waals surface area contributed by atoms with Crippen LogP contribution >= 0.6 is 0 Å². The molecule has 3 heteroatoms. The highest BCUT2D eigenvalue weighted by atomic mass is 19.1. The number of halogens is 2. The molecule has 0 radical (unpaired) electrons. The van der Waals surface area contributed by atoms with Crippen molar-refractivity contribution in [1.82, 2.24) is 0 Å². The van der Waals surface area contributed by atoms with Crippen LogP contribution in [0.4, 0.5) is 8.78 Å². The van der Waals surface area contributed by atoms with Gasteiger partial charge in [0.25, 0.3) is 0 Å². The van der Waals surface area contributed by atoms with Crippen molar-refractivity contribution in [3.8, 4) is 0 Å². The first-order valence-corrected chi connectivity index (χ1v) is 7.43. The third kappa shape index (κ3) is 3.87. The second kappa shape index (κ2) is 6.47. The minimum atomic E-state index is -0.615. The van der Waals surface area contributed by atoms with Gasteiger partial charge >= 0.3 is 0 Å². The fourth-order valence-electron chi connectivity index (χ4n) is 3.17. The zero-order chi connectivity index (χ0) is 14.7. The van der Waals surface area contributed by atoms with E-state index in [1.165, 1.54) is 12.1 Å². The van der Waals surface area contributed by atoms with Crippen LogP contribution in [0.3, 0.4) is 0 Å². The Morgan fingerprint density at radius 2 is 1.65 bits per heavy atom. The van der Waals surface area contributed by atoms with Crippen LogP contribution in [0.15, 0.2) is 18.2 Å². The van der Waals surface area contributed by atoms with Gasteiger partial charge in [-0.05, 0) is 55.2 Å². The number of ketones is 1. The van der Waals surface area contributed by atoms with Crippen LogP contribution in [-0.4, -0.2) is 5.78 Å². The van der Waals surface area contributed by atoms with E-state index in [0.29, 0.717) is 17.4 Å². The lowest BCUT2D eigenvalue weighted by molar-refractivity contribution is -0.123. The van der Waals surface area contributed by atoms with E-state index < -0.39 is 11.6 Å². The maximum absolute atomic E-state index is 13.1. The summed E-state index contributed by atoms with van der Waals surface area (Å²) in [5.41, 5.74) is 0.443. The maximum Gasteiger partial charge on any atom is 0.140 e. The fraction of sp³-hybridized carbons (Fsp3) is 0.588. The van der Waals surface area contributed by atoms with Crippen molar-refractivity contribution in [2.75, 3.05) is 0 Å². The average Bonchev–Trinajstić information content (AvgIpc) is 2.37. The molecule has 1 aliphatic rings. The molecule has 1 nitrogen and oxygen atoms in total. The zero-order valence-electron chi connectivity index (χ0n) is 12.2. The van der Waals surface area contributed by atoms with Gasteiger partial charge in [-0.3, -0.25) is 4.79 Å². The predicted octanol–water partition coefficient (Wildman–Crippen LogP) is 4.54. The third-order valence-corrected chi connectivity index (χ3v) is 4.47. The molecule has 0 atom stereocenters. The lowest BCUT2D eigenvalue weighted by atomic mass is 9.75. The van der Waals surface area contributed by atoms with Crippen LogP contribution in [0.5, 0.6) is 0 Å². The highest BCUT2D eigenvalue weighted by molar-refractivity contribution is 5.83. The largest absolute Gasteiger partial charge is 0.299 e. The molecule has 0 heterocycles. The standard InChI is InChI=1S/C17H22F2O/c1-11(2)13-3-5-14(6-4-13)17(20)9-12-7-15(18)10-16(19)8-12/h7-8,10-11,13-14H,3-6,9H2,1-2H3. The maximum atomic E-state index is 13.1. The first-order chi connectivity index (χ1) is 9.45. The minimum Gasteiger partial charge on any atom is -0.299 e. The van der Waals surface area contributed by atoms with Crippen molar-refractivity contribution < 1.29 is 13.6 Å². The summed E-state index contributed by atoms with van der Waals surface area (Å²) in [5, 5.41) is 0. The Kier molecular flexibility index (Phi) is 4.90. The molecule has 0 N–H and O–H groups in total. The summed E-state index contributed by atoms with van der Waals surface area (Å²) in [6.07, 6.45) is 4.15. The molecule has 2 rings (SSSR count). The molecule has 0 bridgehead atoms. The number of Topliss-reactive ketones (excluding diaryl/α,β-unsaturated/α-hetero) is 1. The molecule has 1 aromatic rings. The lowest BCUT2D eigenvalue weighted by Crippen LogP contribution is -2.25. The molecule has 0 amide bonds. The molecule has 0 spiro atoms. The third-order valence-electron chi connectivity index (χ3n) is 4.47. The number of carbonyl (C=O) groups is 1. The molecule has 0 aromatic heterocycles. The number of carbonyl (C=O) groups excluding carboxylic acids is 1. The van der Waals surface area contributed by atoms with Crippen LogP contribution in [0, 0.1) is 29.4 Å². The van der Waals surface area contributed by atoms with Gasteiger partial charge in [-0.2, -0.15) is 0 Å². The summed E-state index contributed by atoms with van der Waals surface area (Å²) < 4.78 is 26.2. The van der Waals surface area contributed by atoms with Crippen LogP contribution in [0.2, 0.25) is 0 Å². The van der Waals surface area contributed by atoms with Crippen LogP contribution in [-0.2, 0) is 11.2 Å². The van der Waals surface area contributed by atoms with E-state index in [2.05, 4.69) is 13.8 Å². The van der Waals surface area contributed by atoms with Crippen molar-refractivity contribution in [3.05, 3.63) is 35.4 Å². The van der Waals surface area contributed by atoms with Crippen molar-refractivity contribution in [2.45, 2.75) is 46.0 Å². The molecule has 0 saturated heterocycles. The number of rotatable bonds is 4. The summed E-state index contributed by atoms with van der Waals surface area (Å²) >= 11 is 0. The van der Waals surface area contributed by atoms with Gasteiger partial charge in [0.1, 0.15) is 17.4 Å². The summed E-state index contributed by atoms with van der Waals surface area (Å²) in [7, 11) is 0. The fourth-order valence-corrected chi connectivity index (χ4v) is 3.17. The van der Waals surface area contributed by atoms with Gasteiger partial charge in [-0.1, -0.05) is 13.8 Å². The summed E-state index contributed by atoms with van der Waals surface area (Å²) in [4.78, 5) is 12.2. The molecule has 1 aromatic carbocycles. The van der Waals surface area contributed by atoms with E-state index in [-0.39, 0.29) is 18.1 Å². The molecule has 1 fully saturated rings. The van der Waals surface area contributed by atoms with Gasteiger partial charge in [0.2, 0.25) is 0 Å². The van der Waals surface area contributed by atoms with Crippen molar-refractivity contribution in [1.29, 1.82) is 0 Å². The van der Waals surface area contributed by atoms with Crippen molar-refractivity contribution >= 4 is 5.78 Å². The molecule has 1 aliphatic carbocycles. The monoisotopic (exact) mass is 280 g/mol. The van der Waals surface area contributed by atoms with E-state index in [9.17, 15) is 13.6 Å². The second-order valence-electron chi connectivity index (χ2n) is 6.28. The van der Waals surface area contributed by atoms with Crippen molar-refractivity contribution in [3.63, 3.8) is 0 Å². The summed E-state index contributed by atoms with van der Waals surface area (Å²) in [5.74, 6) is 0.343. The Morgan fingerprint density at radius 3 is 2.15 bits per heavy atom. The molecular formula is C17H22F2O. The van der Waals surface area contributed by atoms with E-state index in [1.54, 1.807) is 0 Å². The average molecular weight is 280 g/mol. The highest BCUT2D eigenvalue weighted by Crippen LogP contribution is 2.34. The van der Waals surface area contributed by atoms with Crippen LogP contribution in [0.25, 0.3) is 0 Å². The Balaban J connectivity index is 1.92. The SMILES string of the molecule is CC(C)C1CCC(C(=O)Cc2cc(F)cc(F)c2)CC1. The second-order valence-corrected chi connectivity index (χ2v) is 6.28. The number of benzene rings is 1. The first-order valence-electron chi connectivity index (χ1n) is 7.43. The molecule has 0 aliphatic heterocycles. The summed E-state index contributed by atoms with van der Waals surface area (Å²) in [6, 6.07) is 3.34. The molecule has 1 saturated carbocycles. The Hall–Kier alpha value is -1.25. The number of hydrogen-bond acceptors (Lipinski definition) is 1. The smallest absolute Gasteiger partial charge is 0.140 e. The predicted molar refractivity (Wildman–Crippen MR) is 75.4 cm³/mol. The topological polar surface area (TPSA) is 17.1 Å². The summed E-state index contributed by atoms with van der Waals surface area (Å²) in [6.45, 7) is 4.45. The Morgan fingerprint density at radius 1 is 1.10 bits per heavy atom. The van der Waals surface area contributed by atoms with E-state index in [4.69, 9.17) is 0 Å². The van der Waals surface area contributed by atoms with Gasteiger partial charge in [0.15, 0.2) is 0 Å². The molecule has 110 valence electrons. The number of hydrogen-bond donors (Lipinski definition) is 0. The molecule has 0 unspecified atom stereocenters. The first kappa shape index (κ1) is 15.1. The van der Waals surface area contributed by atoms with E-state index in [0.717, 1.165) is 31.7 Å².